The summed E-state index contributed by atoms with van der Waals surface area (Å²) >= 11 is 10.7. The molecule has 0 spiro atoms. The third-order valence-corrected chi connectivity index (χ3v) is 1.63. The van der Waals surface area contributed by atoms with E-state index in [1.165, 1.54) is 0 Å². The van der Waals surface area contributed by atoms with Gasteiger partial charge in [0, 0.05) is 6.42 Å². The fraction of sp³-hybridized carbons (Fsp3) is 1.00. The number of ether oxygens (including phenoxy) is 1. The smallest absolute Gasteiger partial charge is 0.216 e. The van der Waals surface area contributed by atoms with Gasteiger partial charge in [0.1, 0.15) is 5.56 Å². The van der Waals surface area contributed by atoms with Crippen molar-refractivity contribution in [2.75, 3.05) is 0 Å². The Bertz CT molecular complexity index is 80.1. The second-order valence-corrected chi connectivity index (χ2v) is 2.70. The third kappa shape index (κ3) is 1.24. The number of alkyl halides is 3. The van der Waals surface area contributed by atoms with E-state index in [2.05, 4.69) is 4.74 Å². The molecule has 1 fully saturated rings. The predicted molar refractivity (Wildman–Crippen MR) is 29.9 cm³/mol. The molecule has 0 bridgehead atoms. The van der Waals surface area contributed by atoms with Crippen LogP contribution in [-0.4, -0.2) is 17.3 Å². The molecule has 0 saturated carbocycles. The molecule has 48 valence electrons. The van der Waals surface area contributed by atoms with Crippen LogP contribution in [-0.2, 0) is 4.74 Å². The lowest BCUT2D eigenvalue weighted by atomic mass is 10.4. The molecule has 1 nitrogen and oxygen atoms in total. The standard InChI is InChI=1S/C4H5Cl2FO/c5-2-1-3(6)8-4(2)7/h2-4H,1H2. The van der Waals surface area contributed by atoms with Crippen LogP contribution in [0.1, 0.15) is 6.42 Å². The van der Waals surface area contributed by atoms with Gasteiger partial charge in [-0.2, -0.15) is 0 Å². The number of hydrogen-bond acceptors (Lipinski definition) is 1. The lowest BCUT2D eigenvalue weighted by molar-refractivity contribution is -0.00376. The maximum Gasteiger partial charge on any atom is 0.216 e. The molecule has 0 aromatic rings. The molecule has 0 aromatic carbocycles. The van der Waals surface area contributed by atoms with E-state index in [-0.39, 0.29) is 0 Å². The van der Waals surface area contributed by atoms with Crippen LogP contribution in [0.4, 0.5) is 4.39 Å². The van der Waals surface area contributed by atoms with Gasteiger partial charge in [0.15, 0.2) is 0 Å². The lowest BCUT2D eigenvalue weighted by Gasteiger charge is -1.98. The highest BCUT2D eigenvalue weighted by atomic mass is 35.5. The van der Waals surface area contributed by atoms with Gasteiger partial charge < -0.3 is 4.74 Å². The normalized spacial score (nSPS) is 47.6. The van der Waals surface area contributed by atoms with Crippen molar-refractivity contribution in [2.24, 2.45) is 0 Å². The van der Waals surface area contributed by atoms with Crippen molar-refractivity contribution in [2.45, 2.75) is 23.7 Å². The van der Waals surface area contributed by atoms with Crippen LogP contribution in [0.5, 0.6) is 0 Å². The quantitative estimate of drug-likeness (QED) is 0.490. The van der Waals surface area contributed by atoms with E-state index in [1.54, 1.807) is 0 Å². The molecule has 3 atom stereocenters. The van der Waals surface area contributed by atoms with Crippen LogP contribution in [0.15, 0.2) is 0 Å². The second-order valence-electron chi connectivity index (χ2n) is 1.65. The molecule has 1 rings (SSSR count). The maximum absolute atomic E-state index is 12.1. The first kappa shape index (κ1) is 6.59. The molecular weight excluding hydrogens is 154 g/mol. The topological polar surface area (TPSA) is 9.23 Å². The average Bonchev–Trinajstić information content (AvgIpc) is 1.85. The zero-order valence-corrected chi connectivity index (χ0v) is 5.49. The Kier molecular flexibility index (Phi) is 1.96. The van der Waals surface area contributed by atoms with Crippen molar-refractivity contribution in [3.8, 4) is 0 Å². The first-order valence-electron chi connectivity index (χ1n) is 2.28. The van der Waals surface area contributed by atoms with E-state index in [9.17, 15) is 4.39 Å². The highest BCUT2D eigenvalue weighted by Crippen LogP contribution is 2.27. The summed E-state index contributed by atoms with van der Waals surface area (Å²) in [5, 5.41) is -0.558. The predicted octanol–water partition coefficient (Wildman–Crippen LogP) is 1.87. The van der Waals surface area contributed by atoms with E-state index in [0.29, 0.717) is 6.42 Å². The summed E-state index contributed by atoms with van der Waals surface area (Å²) in [6.45, 7) is 0. The molecule has 0 aliphatic carbocycles. The third-order valence-electron chi connectivity index (χ3n) is 0.973. The minimum atomic E-state index is -1.38. The van der Waals surface area contributed by atoms with Crippen molar-refractivity contribution in [3.63, 3.8) is 0 Å². The summed E-state index contributed by atoms with van der Waals surface area (Å²) in [5.74, 6) is 0. The van der Waals surface area contributed by atoms with E-state index in [4.69, 9.17) is 23.2 Å². The summed E-state index contributed by atoms with van der Waals surface area (Å²) in [7, 11) is 0. The highest BCUT2D eigenvalue weighted by Gasteiger charge is 2.32. The Morgan fingerprint density at radius 1 is 1.50 bits per heavy atom. The van der Waals surface area contributed by atoms with Crippen molar-refractivity contribution in [1.82, 2.24) is 0 Å². The zero-order valence-electron chi connectivity index (χ0n) is 3.98. The van der Waals surface area contributed by atoms with Gasteiger partial charge >= 0.3 is 0 Å². The summed E-state index contributed by atoms with van der Waals surface area (Å²) in [4.78, 5) is 0. The van der Waals surface area contributed by atoms with Crippen LogP contribution in [0.25, 0.3) is 0 Å². The Morgan fingerprint density at radius 2 is 2.12 bits per heavy atom. The summed E-state index contributed by atoms with van der Waals surface area (Å²) in [5.41, 5.74) is -0.535. The first-order valence-corrected chi connectivity index (χ1v) is 3.15. The van der Waals surface area contributed by atoms with Gasteiger partial charge in [-0.25, -0.2) is 4.39 Å². The second kappa shape index (κ2) is 2.38. The first-order chi connectivity index (χ1) is 3.70. The van der Waals surface area contributed by atoms with E-state index < -0.39 is 17.3 Å². The molecule has 1 saturated heterocycles. The van der Waals surface area contributed by atoms with Crippen LogP contribution >= 0.6 is 23.2 Å². The van der Waals surface area contributed by atoms with E-state index in [0.717, 1.165) is 0 Å². The highest BCUT2D eigenvalue weighted by molar-refractivity contribution is 6.24. The van der Waals surface area contributed by atoms with E-state index in [1.807, 2.05) is 0 Å². The molecule has 0 radical (unpaired) electrons. The van der Waals surface area contributed by atoms with Gasteiger partial charge in [-0.1, -0.05) is 11.6 Å². The summed E-state index contributed by atoms with van der Waals surface area (Å²) < 4.78 is 16.6. The van der Waals surface area contributed by atoms with Crippen molar-refractivity contribution in [3.05, 3.63) is 0 Å². The molecule has 0 aromatic heterocycles. The molecule has 1 aliphatic rings. The minimum absolute atomic E-state index is 0.393. The minimum Gasteiger partial charge on any atom is -0.327 e. The zero-order chi connectivity index (χ0) is 6.15. The molecular formula is C4H5Cl2FO. The SMILES string of the molecule is FC1OC(Cl)CC1Cl. The van der Waals surface area contributed by atoms with Crippen molar-refractivity contribution in [1.29, 1.82) is 0 Å². The Morgan fingerprint density at radius 3 is 2.25 bits per heavy atom. The Hall–Kier alpha value is 0.470. The van der Waals surface area contributed by atoms with E-state index >= 15 is 0 Å². The molecule has 4 heteroatoms. The van der Waals surface area contributed by atoms with Crippen LogP contribution in [0, 0.1) is 0 Å². The molecule has 0 amide bonds. The van der Waals surface area contributed by atoms with Crippen LogP contribution < -0.4 is 0 Å². The molecule has 1 aliphatic heterocycles. The Labute approximate surface area is 56.7 Å². The molecule has 1 heterocycles. The van der Waals surface area contributed by atoms with Crippen molar-refractivity contribution >= 4 is 23.2 Å². The number of rotatable bonds is 0. The monoisotopic (exact) mass is 158 g/mol. The lowest BCUT2D eigenvalue weighted by Crippen LogP contribution is -2.07. The molecule has 8 heavy (non-hydrogen) atoms. The van der Waals surface area contributed by atoms with Gasteiger partial charge in [-0.15, -0.1) is 11.6 Å². The summed E-state index contributed by atoms with van der Waals surface area (Å²) in [6, 6.07) is 0. The van der Waals surface area contributed by atoms with Crippen LogP contribution in [0.2, 0.25) is 0 Å². The van der Waals surface area contributed by atoms with Crippen molar-refractivity contribution < 1.29 is 9.13 Å². The largest absolute Gasteiger partial charge is 0.327 e. The average molecular weight is 159 g/mol. The van der Waals surface area contributed by atoms with Gasteiger partial charge in [0.2, 0.25) is 6.36 Å². The molecule has 0 N–H and O–H groups in total. The Balaban J connectivity index is 2.39. The number of halogens is 3. The number of hydrogen-bond donors (Lipinski definition) is 0. The van der Waals surface area contributed by atoms with Gasteiger partial charge in [0.25, 0.3) is 0 Å². The van der Waals surface area contributed by atoms with Gasteiger partial charge in [-0.05, 0) is 0 Å². The molecule has 3 unspecified atom stereocenters. The van der Waals surface area contributed by atoms with Crippen LogP contribution in [0.3, 0.4) is 0 Å². The fourth-order valence-corrected chi connectivity index (χ4v) is 1.17. The fourth-order valence-electron chi connectivity index (χ4n) is 0.566. The maximum atomic E-state index is 12.1. The van der Waals surface area contributed by atoms with Gasteiger partial charge in [0.05, 0.1) is 5.38 Å². The summed E-state index contributed by atoms with van der Waals surface area (Å²) in [6.07, 6.45) is -0.983. The van der Waals surface area contributed by atoms with Gasteiger partial charge in [-0.3, -0.25) is 0 Å².